The number of carboxylic acids is 2. The van der Waals surface area contributed by atoms with E-state index in [2.05, 4.69) is 29.7 Å². The lowest BCUT2D eigenvalue weighted by Crippen LogP contribution is -2.45. The number of pyridine rings is 2. The number of benzene rings is 3. The van der Waals surface area contributed by atoms with Gasteiger partial charge in [-0.2, -0.15) is 5.26 Å². The van der Waals surface area contributed by atoms with Crippen molar-refractivity contribution in [3.8, 4) is 17.2 Å². The predicted molar refractivity (Wildman–Crippen MR) is 267 cm³/mol. The average Bonchev–Trinajstić information content (AvgIpc) is 3.30. The van der Waals surface area contributed by atoms with Crippen molar-refractivity contribution in [3.63, 3.8) is 0 Å². The van der Waals surface area contributed by atoms with E-state index in [0.29, 0.717) is 35.1 Å². The fraction of sp³-hybridized carbons (Fsp3) is 0.339. The van der Waals surface area contributed by atoms with Gasteiger partial charge in [0, 0.05) is 42.6 Å². The van der Waals surface area contributed by atoms with Gasteiger partial charge in [0.05, 0.1) is 43.2 Å². The van der Waals surface area contributed by atoms with Gasteiger partial charge in [0.1, 0.15) is 12.1 Å². The van der Waals surface area contributed by atoms with Gasteiger partial charge in [0.2, 0.25) is 11.8 Å². The Labute approximate surface area is 408 Å². The Morgan fingerprint density at radius 3 is 2.13 bits per heavy atom. The van der Waals surface area contributed by atoms with Crippen LogP contribution in [0.4, 0.5) is 0 Å². The minimum Gasteiger partial charge on any atom is -0.481 e. The van der Waals surface area contributed by atoms with Crippen molar-refractivity contribution in [2.75, 3.05) is 13.7 Å². The van der Waals surface area contributed by atoms with Crippen molar-refractivity contribution in [1.82, 2.24) is 19.8 Å². The van der Waals surface area contributed by atoms with Gasteiger partial charge in [0.15, 0.2) is 0 Å². The van der Waals surface area contributed by atoms with Gasteiger partial charge in [-0.05, 0) is 127 Å². The molecule has 0 fully saturated rings. The third-order valence-electron chi connectivity index (χ3n) is 13.2. The molecule has 0 spiro atoms. The molecule has 0 aliphatic heterocycles. The number of ether oxygens (including phenoxy) is 1. The second-order valence-electron chi connectivity index (χ2n) is 18.7. The molecular weight excluding hydrogens is 887 g/mol. The molecule has 364 valence electrons. The highest BCUT2D eigenvalue weighted by atomic mass is 16.5. The number of rotatable bonds is 20. The average molecular weight is 948 g/mol. The highest BCUT2D eigenvalue weighted by Crippen LogP contribution is 2.41. The van der Waals surface area contributed by atoms with Gasteiger partial charge in [-0.25, -0.2) is 0 Å². The molecule has 1 aliphatic rings. The normalized spacial score (nSPS) is 16.5. The molecule has 1 aliphatic carbocycles. The summed E-state index contributed by atoms with van der Waals surface area (Å²) < 4.78 is 7.98. The summed E-state index contributed by atoms with van der Waals surface area (Å²) >= 11 is 0. The lowest BCUT2D eigenvalue weighted by Gasteiger charge is -2.35. The number of nitrogens with zero attached hydrogens (tertiary/aromatic N) is 3. The van der Waals surface area contributed by atoms with Gasteiger partial charge in [0.25, 0.3) is 11.1 Å². The number of nitrogens with one attached hydrogen (secondary N) is 2. The molecule has 6 rings (SSSR count). The summed E-state index contributed by atoms with van der Waals surface area (Å²) in [5.41, 5.74) is 7.20. The van der Waals surface area contributed by atoms with Crippen molar-refractivity contribution in [2.45, 2.75) is 103 Å². The van der Waals surface area contributed by atoms with E-state index in [-0.39, 0.29) is 24.5 Å². The third-order valence-corrected chi connectivity index (χ3v) is 13.2. The van der Waals surface area contributed by atoms with E-state index in [1.807, 2.05) is 76.3 Å². The minimum absolute atomic E-state index is 0.113. The number of aromatic nitrogens is 2. The van der Waals surface area contributed by atoms with E-state index in [9.17, 15) is 44.2 Å². The molecule has 0 saturated heterocycles. The molecule has 0 bridgehead atoms. The van der Waals surface area contributed by atoms with E-state index < -0.39 is 71.7 Å². The zero-order chi connectivity index (χ0) is 50.9. The van der Waals surface area contributed by atoms with Crippen molar-refractivity contribution in [1.29, 1.82) is 5.26 Å². The molecule has 2 amide bonds. The summed E-state index contributed by atoms with van der Waals surface area (Å²) in [6, 6.07) is 22.7. The molecule has 2 aromatic heterocycles. The first kappa shape index (κ1) is 51.8. The van der Waals surface area contributed by atoms with Crippen LogP contribution in [0, 0.1) is 44.9 Å². The molecule has 0 saturated carbocycles. The zero-order valence-corrected chi connectivity index (χ0v) is 40.7. The predicted octanol–water partition coefficient (Wildman–Crippen LogP) is 7.92. The SMILES string of the molecule is COC[C@@H](C(=O)N[C@@H](CC(=O)O)C1=CC(C)(c2c(C)ccc(CC(C)CC(C(=O)N[C@@H](CC(=O)O)c3ccc(C#N)c(-c4ccccc4C)c3)n3ccccc3=O)c2C)CC=C1)n1ccc(C)cc1=O. The Balaban J connectivity index is 1.28. The Bertz CT molecular complexity index is 3010. The molecule has 2 heterocycles. The van der Waals surface area contributed by atoms with Crippen LogP contribution in [0.2, 0.25) is 0 Å². The van der Waals surface area contributed by atoms with Crippen molar-refractivity contribution >= 4 is 23.8 Å². The summed E-state index contributed by atoms with van der Waals surface area (Å²) in [5, 5.41) is 36.0. The van der Waals surface area contributed by atoms with Crippen LogP contribution in [0.15, 0.2) is 131 Å². The van der Waals surface area contributed by atoms with Gasteiger partial charge in [-0.1, -0.05) is 80.6 Å². The second-order valence-corrected chi connectivity index (χ2v) is 18.7. The summed E-state index contributed by atoms with van der Waals surface area (Å²) in [7, 11) is 1.42. The Morgan fingerprint density at radius 1 is 0.786 bits per heavy atom. The maximum absolute atomic E-state index is 14.6. The van der Waals surface area contributed by atoms with Crippen molar-refractivity contribution < 1.29 is 34.1 Å². The summed E-state index contributed by atoms with van der Waals surface area (Å²) in [4.78, 5) is 79.4. The molecule has 3 unspecified atom stereocenters. The number of carboxylic acid groups (broad SMARTS) is 2. The maximum Gasteiger partial charge on any atom is 0.305 e. The molecule has 0 radical (unpaired) electrons. The van der Waals surface area contributed by atoms with Crippen molar-refractivity contribution in [2.24, 2.45) is 5.92 Å². The first-order valence-electron chi connectivity index (χ1n) is 23.3. The quantitative estimate of drug-likeness (QED) is 0.0592. The van der Waals surface area contributed by atoms with Crippen LogP contribution in [0.3, 0.4) is 0 Å². The van der Waals surface area contributed by atoms with E-state index in [1.165, 1.54) is 34.6 Å². The number of carbonyl (C=O) groups is 4. The number of hydrogen-bond acceptors (Lipinski definition) is 8. The maximum atomic E-state index is 14.6. The van der Waals surface area contributed by atoms with Crippen molar-refractivity contribution in [3.05, 3.63) is 186 Å². The molecule has 14 nitrogen and oxygen atoms in total. The molecule has 3 aromatic carbocycles. The first-order valence-corrected chi connectivity index (χ1v) is 23.3. The number of nitriles is 1. The number of methoxy groups -OCH3 is 1. The third kappa shape index (κ3) is 12.1. The Hall–Kier alpha value is -7.63. The van der Waals surface area contributed by atoms with Gasteiger partial charge < -0.3 is 34.7 Å². The second kappa shape index (κ2) is 22.7. The van der Waals surface area contributed by atoms with Crippen LogP contribution < -0.4 is 21.8 Å². The minimum atomic E-state index is -1.14. The van der Waals surface area contributed by atoms with E-state index in [1.54, 1.807) is 49.5 Å². The lowest BCUT2D eigenvalue weighted by atomic mass is 9.70. The van der Waals surface area contributed by atoms with Crippen LogP contribution in [-0.2, 0) is 35.8 Å². The summed E-state index contributed by atoms with van der Waals surface area (Å²) in [5.74, 6) is -3.53. The molecular formula is C56H61N5O9. The Kier molecular flexibility index (Phi) is 16.7. The molecule has 5 aromatic rings. The van der Waals surface area contributed by atoms with Crippen LogP contribution >= 0.6 is 0 Å². The number of carbonyl (C=O) groups excluding carboxylic acids is 2. The van der Waals surface area contributed by atoms with Gasteiger partial charge in [-0.3, -0.25) is 28.8 Å². The molecule has 70 heavy (non-hydrogen) atoms. The first-order chi connectivity index (χ1) is 33.3. The largest absolute Gasteiger partial charge is 0.481 e. The molecule has 14 heteroatoms. The summed E-state index contributed by atoms with van der Waals surface area (Å²) in [6.45, 7) is 11.7. The van der Waals surface area contributed by atoms with E-state index >= 15 is 0 Å². The van der Waals surface area contributed by atoms with E-state index in [0.717, 1.165) is 38.9 Å². The zero-order valence-electron chi connectivity index (χ0n) is 40.7. The van der Waals surface area contributed by atoms with Crippen LogP contribution in [0.5, 0.6) is 0 Å². The lowest BCUT2D eigenvalue weighted by molar-refractivity contribution is -0.139. The standard InChI is InChI=1S/C56H61N5O9/c1-34-21-24-61(50(63)27-34)48(33-70-7)55(69)59-46(30-52(66)67)41-14-12-22-56(6,31-41)53-37(4)17-18-39(38(53)5)25-35(2)26-47(60-23-11-10-16-49(60)62)54(68)58-45(29-51(64)65)40-19-20-42(32-57)44(28-40)43-15-9-8-13-36(43)3/h8-21,23-24,27-28,31,35,45-48H,22,25-26,29-30,33H2,1-7H3,(H,58,68)(H,59,69)(H,64,65)(H,66,67)/t35?,45-,46-,47?,48-,56?/m0/s1. The van der Waals surface area contributed by atoms with Gasteiger partial charge >= 0.3 is 11.9 Å². The molecule has 4 N–H and O–H groups in total. The number of allylic oxidation sites excluding steroid dienone is 2. The monoisotopic (exact) mass is 947 g/mol. The number of hydrogen-bond donors (Lipinski definition) is 4. The molecule has 6 atom stereocenters. The van der Waals surface area contributed by atoms with Gasteiger partial charge in [-0.15, -0.1) is 0 Å². The Morgan fingerprint density at radius 2 is 1.46 bits per heavy atom. The smallest absolute Gasteiger partial charge is 0.305 e. The fourth-order valence-corrected chi connectivity index (χ4v) is 9.83. The number of aliphatic carboxylic acids is 2. The van der Waals surface area contributed by atoms with Crippen LogP contribution in [-0.4, -0.2) is 62.9 Å². The number of amides is 2. The fourth-order valence-electron chi connectivity index (χ4n) is 9.83. The van der Waals surface area contributed by atoms with E-state index in [4.69, 9.17) is 4.74 Å². The summed E-state index contributed by atoms with van der Waals surface area (Å²) in [6.07, 6.45) is 9.36. The number of aryl methyl sites for hydroxylation is 3. The highest BCUT2D eigenvalue weighted by molar-refractivity contribution is 5.83. The van der Waals surface area contributed by atoms with Crippen LogP contribution in [0.1, 0.15) is 102 Å². The topological polar surface area (TPSA) is 210 Å². The highest BCUT2D eigenvalue weighted by Gasteiger charge is 2.34. The van der Waals surface area contributed by atoms with Crippen LogP contribution in [0.25, 0.3) is 11.1 Å².